The summed E-state index contributed by atoms with van der Waals surface area (Å²) < 4.78 is 40.4. The molecule has 0 unspecified atom stereocenters. The topological polar surface area (TPSA) is 60.9 Å². The van der Waals surface area contributed by atoms with Crippen molar-refractivity contribution in [3.63, 3.8) is 0 Å². The summed E-state index contributed by atoms with van der Waals surface area (Å²) in [6.45, 7) is 1.34. The van der Waals surface area contributed by atoms with Gasteiger partial charge in [0.15, 0.2) is 0 Å². The molecule has 0 aliphatic carbocycles. The maximum Gasteiger partial charge on any atom is 0.244 e. The number of benzene rings is 2. The Kier molecular flexibility index (Phi) is 6.68. The predicted molar refractivity (Wildman–Crippen MR) is 111 cm³/mol. The van der Waals surface area contributed by atoms with Crippen molar-refractivity contribution in [2.45, 2.75) is 4.90 Å². The van der Waals surface area contributed by atoms with Gasteiger partial charge in [0, 0.05) is 38.2 Å². The van der Waals surface area contributed by atoms with Crippen LogP contribution < -0.4 is 4.90 Å². The number of carbonyl (C=O) groups excluding carboxylic acids is 1. The fraction of sp³-hybridized carbons (Fsp3) is 0.316. The van der Waals surface area contributed by atoms with Crippen molar-refractivity contribution in [2.75, 3.05) is 44.7 Å². The molecule has 0 spiro atoms. The first-order chi connectivity index (χ1) is 13.7. The van der Waals surface area contributed by atoms with E-state index in [2.05, 4.69) is 0 Å². The van der Waals surface area contributed by atoms with Crippen LogP contribution in [0.2, 0.25) is 10.0 Å². The molecular formula is C19H20Cl2FN3O3S. The van der Waals surface area contributed by atoms with Gasteiger partial charge in [0.25, 0.3) is 0 Å². The minimum absolute atomic E-state index is 0.0344. The van der Waals surface area contributed by atoms with E-state index < -0.39 is 10.0 Å². The Labute approximate surface area is 179 Å². The van der Waals surface area contributed by atoms with Gasteiger partial charge in [-0.15, -0.1) is 0 Å². The molecule has 0 aromatic heterocycles. The van der Waals surface area contributed by atoms with Crippen molar-refractivity contribution < 1.29 is 17.6 Å². The molecule has 1 aliphatic heterocycles. The molecule has 0 N–H and O–H groups in total. The monoisotopic (exact) mass is 459 g/mol. The van der Waals surface area contributed by atoms with Crippen LogP contribution in [0.25, 0.3) is 0 Å². The lowest BCUT2D eigenvalue weighted by Crippen LogP contribution is -2.51. The highest BCUT2D eigenvalue weighted by molar-refractivity contribution is 7.89. The van der Waals surface area contributed by atoms with E-state index in [0.29, 0.717) is 31.9 Å². The zero-order chi connectivity index (χ0) is 21.2. The predicted octanol–water partition coefficient (Wildman–Crippen LogP) is 3.10. The highest BCUT2D eigenvalue weighted by Gasteiger charge is 2.29. The summed E-state index contributed by atoms with van der Waals surface area (Å²) in [4.78, 5) is 15.9. The molecule has 1 saturated heterocycles. The molecule has 0 atom stereocenters. The lowest BCUT2D eigenvalue weighted by atomic mass is 10.2. The summed E-state index contributed by atoms with van der Waals surface area (Å²) >= 11 is 11.9. The standard InChI is InChI=1S/C19H20Cl2FN3O3S/c1-23(29(27,28)18-12-14(20)6-7-15(18)21)13-19(26)25-10-8-24(9-11-25)17-5-3-2-4-16(17)22/h2-7,12H,8-11,13H2,1H3. The first-order valence-electron chi connectivity index (χ1n) is 8.89. The zero-order valence-electron chi connectivity index (χ0n) is 15.7. The van der Waals surface area contributed by atoms with Crippen LogP contribution in [-0.2, 0) is 14.8 Å². The maximum atomic E-state index is 13.9. The van der Waals surface area contributed by atoms with Gasteiger partial charge in [-0.05, 0) is 30.3 Å². The van der Waals surface area contributed by atoms with Crippen molar-refractivity contribution in [3.8, 4) is 0 Å². The Morgan fingerprint density at radius 2 is 1.76 bits per heavy atom. The number of nitrogens with zero attached hydrogens (tertiary/aromatic N) is 3. The van der Waals surface area contributed by atoms with Gasteiger partial charge < -0.3 is 9.80 Å². The number of rotatable bonds is 5. The van der Waals surface area contributed by atoms with Gasteiger partial charge in [-0.1, -0.05) is 35.3 Å². The Morgan fingerprint density at radius 3 is 2.41 bits per heavy atom. The summed E-state index contributed by atoms with van der Waals surface area (Å²) in [5.74, 6) is -0.640. The van der Waals surface area contributed by atoms with Gasteiger partial charge in [0.1, 0.15) is 10.7 Å². The molecule has 2 aromatic carbocycles. The Morgan fingerprint density at radius 1 is 1.10 bits per heavy atom. The van der Waals surface area contributed by atoms with E-state index in [1.807, 2.05) is 4.90 Å². The van der Waals surface area contributed by atoms with Crippen LogP contribution in [-0.4, -0.2) is 63.3 Å². The van der Waals surface area contributed by atoms with Crippen LogP contribution >= 0.6 is 23.2 Å². The normalized spacial score (nSPS) is 15.1. The van der Waals surface area contributed by atoms with Crippen LogP contribution in [0.15, 0.2) is 47.4 Å². The third kappa shape index (κ3) is 4.83. The molecule has 3 rings (SSSR count). The van der Waals surface area contributed by atoms with Crippen molar-refractivity contribution in [3.05, 3.63) is 58.3 Å². The van der Waals surface area contributed by atoms with E-state index in [1.165, 1.54) is 31.3 Å². The minimum Gasteiger partial charge on any atom is -0.366 e. The van der Waals surface area contributed by atoms with Crippen LogP contribution in [0.5, 0.6) is 0 Å². The largest absolute Gasteiger partial charge is 0.366 e. The van der Waals surface area contributed by atoms with Crippen LogP contribution in [0.4, 0.5) is 10.1 Å². The minimum atomic E-state index is -3.98. The molecule has 1 amide bonds. The lowest BCUT2D eigenvalue weighted by Gasteiger charge is -2.36. The molecule has 29 heavy (non-hydrogen) atoms. The van der Waals surface area contributed by atoms with Gasteiger partial charge in [-0.2, -0.15) is 4.31 Å². The van der Waals surface area contributed by atoms with Crippen molar-refractivity contribution in [1.82, 2.24) is 9.21 Å². The van der Waals surface area contributed by atoms with E-state index in [0.717, 1.165) is 4.31 Å². The number of anilines is 1. The van der Waals surface area contributed by atoms with Crippen LogP contribution in [0, 0.1) is 5.82 Å². The number of piperazine rings is 1. The average Bonchev–Trinajstić information content (AvgIpc) is 2.70. The average molecular weight is 460 g/mol. The Balaban J connectivity index is 1.63. The highest BCUT2D eigenvalue weighted by Crippen LogP contribution is 2.27. The van der Waals surface area contributed by atoms with E-state index in [-0.39, 0.29) is 33.2 Å². The third-order valence-corrected chi connectivity index (χ3v) is 7.28. The second-order valence-corrected chi connectivity index (χ2v) is 9.51. The number of halogens is 3. The maximum absolute atomic E-state index is 13.9. The number of carbonyl (C=O) groups is 1. The van der Waals surface area contributed by atoms with Crippen LogP contribution in [0.1, 0.15) is 0 Å². The molecule has 1 fully saturated rings. The van der Waals surface area contributed by atoms with E-state index in [9.17, 15) is 17.6 Å². The second-order valence-electron chi connectivity index (χ2n) is 6.66. The van der Waals surface area contributed by atoms with Crippen molar-refractivity contribution in [1.29, 1.82) is 0 Å². The molecule has 6 nitrogen and oxygen atoms in total. The van der Waals surface area contributed by atoms with Gasteiger partial charge in [0.05, 0.1) is 17.3 Å². The number of para-hydroxylation sites is 1. The third-order valence-electron chi connectivity index (χ3n) is 4.76. The summed E-state index contributed by atoms with van der Waals surface area (Å²) in [5, 5.41) is 0.268. The van der Waals surface area contributed by atoms with Gasteiger partial charge in [0.2, 0.25) is 15.9 Å². The molecule has 0 bridgehead atoms. The zero-order valence-corrected chi connectivity index (χ0v) is 18.0. The molecule has 1 heterocycles. The Bertz CT molecular complexity index is 1010. The van der Waals surface area contributed by atoms with Gasteiger partial charge >= 0.3 is 0 Å². The summed E-state index contributed by atoms with van der Waals surface area (Å²) in [6.07, 6.45) is 0. The van der Waals surface area contributed by atoms with E-state index >= 15 is 0 Å². The summed E-state index contributed by atoms with van der Waals surface area (Å²) in [6, 6.07) is 10.6. The van der Waals surface area contributed by atoms with Crippen molar-refractivity contribution >= 4 is 44.8 Å². The fourth-order valence-electron chi connectivity index (χ4n) is 3.12. The van der Waals surface area contributed by atoms with E-state index in [1.54, 1.807) is 23.1 Å². The number of likely N-dealkylation sites (N-methyl/N-ethyl adjacent to an activating group) is 1. The molecule has 10 heteroatoms. The first kappa shape index (κ1) is 21.8. The number of hydrogen-bond donors (Lipinski definition) is 0. The first-order valence-corrected chi connectivity index (χ1v) is 11.1. The van der Waals surface area contributed by atoms with E-state index in [4.69, 9.17) is 23.2 Å². The molecule has 0 radical (unpaired) electrons. The molecule has 0 saturated carbocycles. The smallest absolute Gasteiger partial charge is 0.244 e. The Hall–Kier alpha value is -1.87. The molecular weight excluding hydrogens is 440 g/mol. The summed E-state index contributed by atoms with van der Waals surface area (Å²) in [5.41, 5.74) is 0.495. The lowest BCUT2D eigenvalue weighted by molar-refractivity contribution is -0.131. The SMILES string of the molecule is CN(CC(=O)N1CCN(c2ccccc2F)CC1)S(=O)(=O)c1cc(Cl)ccc1Cl. The number of hydrogen-bond acceptors (Lipinski definition) is 4. The quantitative estimate of drug-likeness (QED) is 0.688. The van der Waals surface area contributed by atoms with Gasteiger partial charge in [-0.25, -0.2) is 12.8 Å². The number of amides is 1. The fourth-order valence-corrected chi connectivity index (χ4v) is 4.98. The molecule has 2 aromatic rings. The second kappa shape index (κ2) is 8.87. The molecule has 156 valence electrons. The van der Waals surface area contributed by atoms with Crippen LogP contribution in [0.3, 0.4) is 0 Å². The number of sulfonamides is 1. The highest BCUT2D eigenvalue weighted by atomic mass is 35.5. The van der Waals surface area contributed by atoms with Gasteiger partial charge in [-0.3, -0.25) is 4.79 Å². The van der Waals surface area contributed by atoms with Crippen molar-refractivity contribution in [2.24, 2.45) is 0 Å². The molecule has 1 aliphatic rings. The summed E-state index contributed by atoms with van der Waals surface area (Å²) in [7, 11) is -2.66.